The Morgan fingerprint density at radius 3 is 2.79 bits per heavy atom. The maximum atomic E-state index is 14.2. The SMILES string of the molecule is Cn1nnc(CNc2ccc3nc(-c4ccccc4F)c(C#N)c(N)c3c2)n1. The van der Waals surface area contributed by atoms with Crippen LogP contribution >= 0.6 is 0 Å². The lowest BCUT2D eigenvalue weighted by atomic mass is 10.0. The molecule has 0 radical (unpaired) electrons. The van der Waals surface area contributed by atoms with Gasteiger partial charge in [0.25, 0.3) is 0 Å². The number of halogens is 1. The normalized spacial score (nSPS) is 10.8. The molecule has 4 aromatic rings. The van der Waals surface area contributed by atoms with Gasteiger partial charge in [-0.1, -0.05) is 12.1 Å². The number of aryl methyl sites for hydroxylation is 1. The van der Waals surface area contributed by atoms with Gasteiger partial charge in [-0.25, -0.2) is 9.37 Å². The van der Waals surface area contributed by atoms with Gasteiger partial charge in [-0.05, 0) is 35.5 Å². The number of aromatic nitrogens is 5. The summed E-state index contributed by atoms with van der Waals surface area (Å²) in [4.78, 5) is 5.87. The third-order valence-electron chi connectivity index (χ3n) is 4.27. The van der Waals surface area contributed by atoms with E-state index in [2.05, 4.69) is 31.8 Å². The number of hydrogen-bond acceptors (Lipinski definition) is 7. The van der Waals surface area contributed by atoms with Crippen LogP contribution < -0.4 is 11.1 Å². The van der Waals surface area contributed by atoms with Crippen molar-refractivity contribution in [2.75, 3.05) is 11.1 Å². The topological polar surface area (TPSA) is 118 Å². The molecule has 0 amide bonds. The Labute approximate surface area is 159 Å². The number of nitrogens with zero attached hydrogens (tertiary/aromatic N) is 6. The quantitative estimate of drug-likeness (QED) is 0.563. The van der Waals surface area contributed by atoms with Crippen LogP contribution in [0.1, 0.15) is 11.4 Å². The molecule has 0 aliphatic carbocycles. The first-order valence-corrected chi connectivity index (χ1v) is 8.42. The van der Waals surface area contributed by atoms with E-state index in [1.54, 1.807) is 37.4 Å². The molecule has 138 valence electrons. The number of anilines is 2. The summed E-state index contributed by atoms with van der Waals surface area (Å²) in [6.45, 7) is 0.380. The molecule has 0 saturated carbocycles. The van der Waals surface area contributed by atoms with E-state index in [0.717, 1.165) is 5.69 Å². The second-order valence-corrected chi connectivity index (χ2v) is 6.12. The number of benzene rings is 2. The Balaban J connectivity index is 1.76. The number of fused-ring (bicyclic) bond motifs is 1. The Bertz CT molecular complexity index is 1220. The van der Waals surface area contributed by atoms with Crippen LogP contribution in [-0.4, -0.2) is 25.2 Å². The fourth-order valence-electron chi connectivity index (χ4n) is 2.93. The summed E-state index contributed by atoms with van der Waals surface area (Å²) in [5.41, 5.74) is 8.45. The van der Waals surface area contributed by atoms with E-state index in [1.807, 2.05) is 6.07 Å². The fraction of sp³-hybridized carbons (Fsp3) is 0.105. The molecule has 0 unspecified atom stereocenters. The smallest absolute Gasteiger partial charge is 0.193 e. The van der Waals surface area contributed by atoms with Crippen molar-refractivity contribution in [3.8, 4) is 17.3 Å². The molecule has 9 heteroatoms. The summed E-state index contributed by atoms with van der Waals surface area (Å²) in [5, 5.41) is 25.2. The van der Waals surface area contributed by atoms with Crippen molar-refractivity contribution in [1.82, 2.24) is 25.2 Å². The van der Waals surface area contributed by atoms with Crippen molar-refractivity contribution < 1.29 is 4.39 Å². The lowest BCUT2D eigenvalue weighted by Crippen LogP contribution is -2.04. The van der Waals surface area contributed by atoms with E-state index in [1.165, 1.54) is 10.9 Å². The predicted molar refractivity (Wildman–Crippen MR) is 102 cm³/mol. The standard InChI is InChI=1S/C19H15FN8/c1-28-26-17(25-27-28)10-23-11-6-7-16-13(8-11)18(22)14(9-21)19(24-16)12-4-2-3-5-15(12)20/h2-8,23H,10H2,1H3,(H2,22,24). The molecule has 0 saturated heterocycles. The molecule has 28 heavy (non-hydrogen) atoms. The van der Waals surface area contributed by atoms with Crippen LogP contribution in [0, 0.1) is 17.1 Å². The number of rotatable bonds is 4. The molecular formula is C19H15FN8. The van der Waals surface area contributed by atoms with Crippen LogP contribution in [0.25, 0.3) is 22.2 Å². The minimum absolute atomic E-state index is 0.144. The van der Waals surface area contributed by atoms with Gasteiger partial charge >= 0.3 is 0 Å². The van der Waals surface area contributed by atoms with Crippen LogP contribution in [0.4, 0.5) is 15.8 Å². The lowest BCUT2D eigenvalue weighted by molar-refractivity contribution is 0.628. The minimum atomic E-state index is -0.458. The number of nitrogens with one attached hydrogen (secondary N) is 1. The molecule has 0 spiro atoms. The molecule has 0 fully saturated rings. The van der Waals surface area contributed by atoms with E-state index < -0.39 is 5.82 Å². The Morgan fingerprint density at radius 1 is 1.25 bits per heavy atom. The average molecular weight is 374 g/mol. The summed E-state index contributed by atoms with van der Waals surface area (Å²) in [5.74, 6) is 0.0846. The molecule has 0 aliphatic rings. The lowest BCUT2D eigenvalue weighted by Gasteiger charge is -2.12. The number of pyridine rings is 1. The molecule has 2 aromatic carbocycles. The highest BCUT2D eigenvalue weighted by Crippen LogP contribution is 2.33. The van der Waals surface area contributed by atoms with Crippen molar-refractivity contribution in [1.29, 1.82) is 5.26 Å². The monoisotopic (exact) mass is 374 g/mol. The summed E-state index contributed by atoms with van der Waals surface area (Å²) < 4.78 is 14.2. The van der Waals surface area contributed by atoms with Gasteiger partial charge in [0.1, 0.15) is 17.4 Å². The van der Waals surface area contributed by atoms with Crippen LogP contribution in [0.3, 0.4) is 0 Å². The first-order valence-electron chi connectivity index (χ1n) is 8.42. The molecule has 8 nitrogen and oxygen atoms in total. The van der Waals surface area contributed by atoms with Crippen molar-refractivity contribution in [2.24, 2.45) is 7.05 Å². The summed E-state index contributed by atoms with van der Waals surface area (Å²) >= 11 is 0. The largest absolute Gasteiger partial charge is 0.397 e. The molecule has 0 aliphatic heterocycles. The maximum Gasteiger partial charge on any atom is 0.193 e. The number of nitrogens with two attached hydrogens (primary N) is 1. The second-order valence-electron chi connectivity index (χ2n) is 6.12. The van der Waals surface area contributed by atoms with Crippen molar-refractivity contribution in [3.63, 3.8) is 0 Å². The average Bonchev–Trinajstić information content (AvgIpc) is 3.12. The van der Waals surface area contributed by atoms with Gasteiger partial charge in [-0.3, -0.25) is 0 Å². The highest BCUT2D eigenvalue weighted by molar-refractivity contribution is 5.98. The third kappa shape index (κ3) is 3.07. The molecular weight excluding hydrogens is 359 g/mol. The number of hydrogen-bond donors (Lipinski definition) is 2. The Hall–Kier alpha value is -4.06. The van der Waals surface area contributed by atoms with Crippen LogP contribution in [0.2, 0.25) is 0 Å². The van der Waals surface area contributed by atoms with Gasteiger partial charge in [-0.2, -0.15) is 10.1 Å². The van der Waals surface area contributed by atoms with Gasteiger partial charge in [0.2, 0.25) is 0 Å². The zero-order valence-corrected chi connectivity index (χ0v) is 14.9. The number of nitriles is 1. The molecule has 3 N–H and O–H groups in total. The van der Waals surface area contributed by atoms with Gasteiger partial charge < -0.3 is 11.1 Å². The van der Waals surface area contributed by atoms with E-state index >= 15 is 0 Å². The zero-order chi connectivity index (χ0) is 19.7. The van der Waals surface area contributed by atoms with Crippen molar-refractivity contribution >= 4 is 22.3 Å². The first kappa shape index (κ1) is 17.4. The van der Waals surface area contributed by atoms with Crippen molar-refractivity contribution in [3.05, 3.63) is 59.7 Å². The molecule has 4 rings (SSSR count). The van der Waals surface area contributed by atoms with Gasteiger partial charge in [0, 0.05) is 16.6 Å². The number of tetrazole rings is 1. The van der Waals surface area contributed by atoms with E-state index in [0.29, 0.717) is 23.3 Å². The summed E-state index contributed by atoms with van der Waals surface area (Å²) in [6.07, 6.45) is 0. The first-order chi connectivity index (χ1) is 13.6. The Kier molecular flexibility index (Phi) is 4.29. The highest BCUT2D eigenvalue weighted by Gasteiger charge is 2.17. The molecule has 0 atom stereocenters. The maximum absolute atomic E-state index is 14.2. The minimum Gasteiger partial charge on any atom is -0.397 e. The van der Waals surface area contributed by atoms with Crippen LogP contribution in [-0.2, 0) is 13.6 Å². The molecule has 0 bridgehead atoms. The third-order valence-corrected chi connectivity index (χ3v) is 4.27. The predicted octanol–water partition coefficient (Wildman–Crippen LogP) is 2.63. The second kappa shape index (κ2) is 6.92. The van der Waals surface area contributed by atoms with E-state index in [9.17, 15) is 9.65 Å². The van der Waals surface area contributed by atoms with Crippen LogP contribution in [0.5, 0.6) is 0 Å². The van der Waals surface area contributed by atoms with E-state index in [-0.39, 0.29) is 22.5 Å². The Morgan fingerprint density at radius 2 is 2.07 bits per heavy atom. The summed E-state index contributed by atoms with van der Waals surface area (Å²) in [7, 11) is 1.69. The van der Waals surface area contributed by atoms with Crippen LogP contribution in [0.15, 0.2) is 42.5 Å². The number of nitrogen functional groups attached to an aromatic ring is 1. The van der Waals surface area contributed by atoms with Crippen molar-refractivity contribution in [2.45, 2.75) is 6.54 Å². The van der Waals surface area contributed by atoms with Gasteiger partial charge in [0.15, 0.2) is 5.82 Å². The fourth-order valence-corrected chi connectivity index (χ4v) is 2.93. The molecule has 2 aromatic heterocycles. The summed E-state index contributed by atoms with van der Waals surface area (Å²) in [6, 6.07) is 13.6. The van der Waals surface area contributed by atoms with E-state index in [4.69, 9.17) is 5.73 Å². The van der Waals surface area contributed by atoms with Gasteiger partial charge in [-0.15, -0.1) is 10.2 Å². The highest BCUT2D eigenvalue weighted by atomic mass is 19.1. The zero-order valence-electron chi connectivity index (χ0n) is 14.9. The van der Waals surface area contributed by atoms with Gasteiger partial charge in [0.05, 0.1) is 30.5 Å². The molecule has 2 heterocycles.